The Hall–Kier alpha value is -3.91. The number of rotatable bonds is 9. The van der Waals surface area contributed by atoms with Gasteiger partial charge in [0.25, 0.3) is 11.1 Å². The molecule has 0 aliphatic rings. The van der Waals surface area contributed by atoms with E-state index in [1.807, 2.05) is 0 Å². The van der Waals surface area contributed by atoms with Gasteiger partial charge in [0, 0.05) is 34.9 Å². The third-order valence-electron chi connectivity index (χ3n) is 4.12. The highest BCUT2D eigenvalue weighted by Gasteiger charge is 2.13. The predicted molar refractivity (Wildman–Crippen MR) is 131 cm³/mol. The lowest BCUT2D eigenvalue weighted by atomic mass is 10.1. The topological polar surface area (TPSA) is 187 Å². The van der Waals surface area contributed by atoms with Gasteiger partial charge in [-0.1, -0.05) is 23.5 Å². The maximum atomic E-state index is 12.4. The van der Waals surface area contributed by atoms with Gasteiger partial charge in [-0.3, -0.25) is 19.2 Å². The summed E-state index contributed by atoms with van der Waals surface area (Å²) < 4.78 is 0. The number of carbonyl (C=O) groups is 3. The van der Waals surface area contributed by atoms with Crippen molar-refractivity contribution in [2.45, 2.75) is 24.2 Å². The molecule has 0 radical (unpaired) electrons. The van der Waals surface area contributed by atoms with Crippen LogP contribution in [0.5, 0.6) is 0 Å². The van der Waals surface area contributed by atoms with E-state index in [4.69, 9.17) is 0 Å². The largest absolute Gasteiger partial charge is 0.478 e. The minimum Gasteiger partial charge on any atom is -0.478 e. The van der Waals surface area contributed by atoms with Gasteiger partial charge in [0.05, 0.1) is 17.1 Å². The maximum absolute atomic E-state index is 12.4. The second kappa shape index (κ2) is 11.5. The number of carboxylic acids is 1. The fourth-order valence-electron chi connectivity index (χ4n) is 2.80. The number of aromatic nitrogens is 4. The second-order valence-electron chi connectivity index (χ2n) is 7.16. The summed E-state index contributed by atoms with van der Waals surface area (Å²) in [4.78, 5) is 72.5. The molecule has 2 aromatic heterocycles. The highest BCUT2D eigenvalue weighted by molar-refractivity contribution is 8.00. The molecule has 0 spiro atoms. The predicted octanol–water partition coefficient (Wildman–Crippen LogP) is 1.63. The third-order valence-corrected chi connectivity index (χ3v) is 5.87. The molecule has 0 aliphatic heterocycles. The fraction of sp³-hybridized carbons (Fsp3) is 0.190. The average molecular weight is 517 g/mol. The number of aryl methyl sites for hydroxylation is 2. The number of hydrogen-bond acceptors (Lipinski definition) is 9. The molecule has 35 heavy (non-hydrogen) atoms. The number of nitrogens with zero attached hydrogens (tertiary/aromatic N) is 2. The summed E-state index contributed by atoms with van der Waals surface area (Å²) in [5, 5.41) is 15.1. The molecule has 0 saturated carbocycles. The minimum atomic E-state index is -1.25. The Balaban J connectivity index is 1.65. The van der Waals surface area contributed by atoms with Crippen molar-refractivity contribution in [2.24, 2.45) is 0 Å². The number of anilines is 2. The van der Waals surface area contributed by atoms with Crippen LogP contribution in [0.3, 0.4) is 0 Å². The Morgan fingerprint density at radius 2 is 1.23 bits per heavy atom. The van der Waals surface area contributed by atoms with Crippen molar-refractivity contribution in [2.75, 3.05) is 22.1 Å². The van der Waals surface area contributed by atoms with Gasteiger partial charge in [0.1, 0.15) is 0 Å². The second-order valence-corrected chi connectivity index (χ2v) is 9.09. The summed E-state index contributed by atoms with van der Waals surface area (Å²) in [5.74, 6) is -2.37. The summed E-state index contributed by atoms with van der Waals surface area (Å²) >= 11 is 2.02. The van der Waals surface area contributed by atoms with Crippen LogP contribution < -0.4 is 21.8 Å². The Labute approximate surface area is 206 Å². The maximum Gasteiger partial charge on any atom is 0.335 e. The SMILES string of the molecule is Cc1cc(=O)[nH]c(SCC(=O)Nc2cc(NC(=O)CSc3nc(C)cc(=O)[nH]3)cc(C(=O)O)c2)n1. The summed E-state index contributed by atoms with van der Waals surface area (Å²) in [6, 6.07) is 6.57. The van der Waals surface area contributed by atoms with Crippen LogP contribution in [0.25, 0.3) is 0 Å². The van der Waals surface area contributed by atoms with Crippen LogP contribution in [0, 0.1) is 13.8 Å². The number of carboxylic acid groups (broad SMARTS) is 1. The van der Waals surface area contributed by atoms with Gasteiger partial charge in [-0.15, -0.1) is 0 Å². The van der Waals surface area contributed by atoms with E-state index >= 15 is 0 Å². The molecule has 2 amide bonds. The number of aromatic amines is 2. The van der Waals surface area contributed by atoms with Gasteiger partial charge in [-0.2, -0.15) is 0 Å². The number of carbonyl (C=O) groups excluding carboxylic acids is 2. The van der Waals surface area contributed by atoms with Crippen LogP contribution in [-0.4, -0.2) is 54.3 Å². The van der Waals surface area contributed by atoms with Crippen molar-refractivity contribution in [1.29, 1.82) is 0 Å². The standard InChI is InChI=1S/C21H20N6O6S2/c1-10-3-15(28)26-20(22-10)34-8-17(30)24-13-5-12(19(32)33)6-14(7-13)25-18(31)9-35-21-23-11(2)4-16(29)27-21/h3-7H,8-9H2,1-2H3,(H,24,30)(H,25,31)(H,32,33)(H,22,26,28)(H,23,27,29). The van der Waals surface area contributed by atoms with Crippen LogP contribution in [0.15, 0.2) is 50.2 Å². The number of amides is 2. The van der Waals surface area contributed by atoms with E-state index in [1.54, 1.807) is 13.8 Å². The van der Waals surface area contributed by atoms with E-state index in [0.29, 0.717) is 11.4 Å². The van der Waals surface area contributed by atoms with Crippen LogP contribution in [0.1, 0.15) is 21.7 Å². The van der Waals surface area contributed by atoms with E-state index < -0.39 is 17.8 Å². The van der Waals surface area contributed by atoms with E-state index in [-0.39, 0.29) is 49.9 Å². The molecule has 182 valence electrons. The molecule has 2 heterocycles. The molecule has 12 nitrogen and oxygen atoms in total. The van der Waals surface area contributed by atoms with Gasteiger partial charge < -0.3 is 25.7 Å². The lowest BCUT2D eigenvalue weighted by molar-refractivity contribution is -0.114. The molecular formula is C21H20N6O6S2. The first kappa shape index (κ1) is 25.7. The first-order valence-electron chi connectivity index (χ1n) is 9.97. The Morgan fingerprint density at radius 1 is 0.800 bits per heavy atom. The first-order chi connectivity index (χ1) is 16.6. The highest BCUT2D eigenvalue weighted by Crippen LogP contribution is 2.21. The molecule has 1 aromatic carbocycles. The summed E-state index contributed by atoms with van der Waals surface area (Å²) in [5.41, 5.74) is 0.522. The molecule has 0 atom stereocenters. The van der Waals surface area contributed by atoms with Crippen molar-refractivity contribution in [3.8, 4) is 0 Å². The van der Waals surface area contributed by atoms with Crippen LogP contribution in [0.2, 0.25) is 0 Å². The monoisotopic (exact) mass is 516 g/mol. The van der Waals surface area contributed by atoms with Crippen molar-refractivity contribution < 1.29 is 19.5 Å². The average Bonchev–Trinajstić information content (AvgIpc) is 2.75. The van der Waals surface area contributed by atoms with Crippen LogP contribution >= 0.6 is 23.5 Å². The molecular weight excluding hydrogens is 496 g/mol. The van der Waals surface area contributed by atoms with E-state index in [2.05, 4.69) is 30.6 Å². The quantitative estimate of drug-likeness (QED) is 0.207. The van der Waals surface area contributed by atoms with Gasteiger partial charge in [0.15, 0.2) is 10.3 Å². The van der Waals surface area contributed by atoms with Crippen LogP contribution in [-0.2, 0) is 9.59 Å². The normalized spacial score (nSPS) is 10.6. The minimum absolute atomic E-state index is 0.0935. The summed E-state index contributed by atoms with van der Waals surface area (Å²) in [6.45, 7) is 3.31. The van der Waals surface area contributed by atoms with Crippen molar-refractivity contribution >= 4 is 52.7 Å². The lowest BCUT2D eigenvalue weighted by Gasteiger charge is -2.11. The third kappa shape index (κ3) is 8.12. The van der Waals surface area contributed by atoms with Gasteiger partial charge in [-0.05, 0) is 32.0 Å². The zero-order valence-corrected chi connectivity index (χ0v) is 20.1. The molecule has 0 aliphatic carbocycles. The number of aromatic carboxylic acids is 1. The van der Waals surface area contributed by atoms with E-state index in [9.17, 15) is 29.1 Å². The number of thioether (sulfide) groups is 2. The first-order valence-corrected chi connectivity index (χ1v) is 11.9. The lowest BCUT2D eigenvalue weighted by Crippen LogP contribution is -2.18. The molecule has 0 fully saturated rings. The molecule has 3 rings (SSSR count). The Bertz CT molecular complexity index is 1310. The van der Waals surface area contributed by atoms with Gasteiger partial charge >= 0.3 is 5.97 Å². The molecule has 14 heteroatoms. The molecule has 0 unspecified atom stereocenters. The van der Waals surface area contributed by atoms with Crippen molar-refractivity contribution in [1.82, 2.24) is 19.9 Å². The molecule has 5 N–H and O–H groups in total. The zero-order chi connectivity index (χ0) is 25.5. The van der Waals surface area contributed by atoms with Gasteiger partial charge in [0.2, 0.25) is 11.8 Å². The number of nitrogens with one attached hydrogen (secondary N) is 4. The number of hydrogen-bond donors (Lipinski definition) is 5. The number of benzene rings is 1. The molecule has 3 aromatic rings. The Morgan fingerprint density at radius 3 is 1.60 bits per heavy atom. The summed E-state index contributed by atoms with van der Waals surface area (Å²) in [6.07, 6.45) is 0. The summed E-state index contributed by atoms with van der Waals surface area (Å²) in [7, 11) is 0. The molecule has 0 saturated heterocycles. The zero-order valence-electron chi connectivity index (χ0n) is 18.5. The van der Waals surface area contributed by atoms with E-state index in [1.165, 1.54) is 30.3 Å². The molecule has 0 bridgehead atoms. The fourth-order valence-corrected chi connectivity index (χ4v) is 4.24. The van der Waals surface area contributed by atoms with Crippen molar-refractivity contribution in [3.05, 3.63) is 68.0 Å². The highest BCUT2D eigenvalue weighted by atomic mass is 32.2. The van der Waals surface area contributed by atoms with Gasteiger partial charge in [-0.25, -0.2) is 14.8 Å². The van der Waals surface area contributed by atoms with E-state index in [0.717, 1.165) is 23.5 Å². The smallest absolute Gasteiger partial charge is 0.335 e. The van der Waals surface area contributed by atoms with Crippen LogP contribution in [0.4, 0.5) is 11.4 Å². The van der Waals surface area contributed by atoms with Crippen molar-refractivity contribution in [3.63, 3.8) is 0 Å². The number of H-pyrrole nitrogens is 2. The Kier molecular flexibility index (Phi) is 8.43.